The molecule has 0 radical (unpaired) electrons. The molecule has 2 rings (SSSR count). The van der Waals surface area contributed by atoms with Crippen molar-refractivity contribution in [3.05, 3.63) is 65.5 Å². The van der Waals surface area contributed by atoms with Gasteiger partial charge in [-0.05, 0) is 54.7 Å². The molecule has 0 saturated heterocycles. The van der Waals surface area contributed by atoms with E-state index in [1.54, 1.807) is 19.2 Å². The van der Waals surface area contributed by atoms with Crippen molar-refractivity contribution in [3.63, 3.8) is 0 Å². The Morgan fingerprint density at radius 2 is 1.67 bits per heavy atom. The zero-order valence-corrected chi connectivity index (χ0v) is 15.3. The van der Waals surface area contributed by atoms with Gasteiger partial charge in [-0.3, -0.25) is 9.59 Å². The third-order valence-electron chi connectivity index (χ3n) is 4.25. The molecule has 0 saturated carbocycles. The molecule has 2 aromatic carbocycles. The summed E-state index contributed by atoms with van der Waals surface area (Å²) in [7, 11) is 1.59. The summed E-state index contributed by atoms with van der Waals surface area (Å²) in [4.78, 5) is 22.8. The highest BCUT2D eigenvalue weighted by Gasteiger charge is 2.16. The average molecular weight is 373 g/mol. The van der Waals surface area contributed by atoms with Gasteiger partial charge in [-0.15, -0.1) is 0 Å². The van der Waals surface area contributed by atoms with Gasteiger partial charge in [-0.2, -0.15) is 0 Å². The van der Waals surface area contributed by atoms with E-state index in [0.29, 0.717) is 19.3 Å². The van der Waals surface area contributed by atoms with E-state index in [1.807, 2.05) is 24.3 Å². The normalized spacial score (nSPS) is 11.6. The molecular formula is C21H24FNO4. The average Bonchev–Trinajstić information content (AvgIpc) is 2.66. The fraction of sp³-hybridized carbons (Fsp3) is 0.333. The topological polar surface area (TPSA) is 75.6 Å². The third kappa shape index (κ3) is 7.09. The fourth-order valence-electron chi connectivity index (χ4n) is 2.77. The largest absolute Gasteiger partial charge is 0.497 e. The van der Waals surface area contributed by atoms with Crippen molar-refractivity contribution in [2.24, 2.45) is 0 Å². The summed E-state index contributed by atoms with van der Waals surface area (Å²) >= 11 is 0. The van der Waals surface area contributed by atoms with E-state index < -0.39 is 5.97 Å². The SMILES string of the molecule is COc1ccc(C(Cc2ccc(F)cc2)NC(=O)CCCCC(=O)O)cc1. The van der Waals surface area contributed by atoms with E-state index in [4.69, 9.17) is 9.84 Å². The smallest absolute Gasteiger partial charge is 0.303 e. The molecule has 0 aliphatic carbocycles. The second-order valence-corrected chi connectivity index (χ2v) is 6.32. The Morgan fingerprint density at radius 1 is 1.04 bits per heavy atom. The second kappa shape index (κ2) is 10.3. The number of amides is 1. The van der Waals surface area contributed by atoms with Crippen molar-refractivity contribution < 1.29 is 23.8 Å². The van der Waals surface area contributed by atoms with Crippen LogP contribution in [-0.4, -0.2) is 24.1 Å². The zero-order valence-electron chi connectivity index (χ0n) is 15.3. The van der Waals surface area contributed by atoms with Crippen molar-refractivity contribution in [2.45, 2.75) is 38.1 Å². The molecule has 27 heavy (non-hydrogen) atoms. The van der Waals surface area contributed by atoms with Crippen LogP contribution in [-0.2, 0) is 16.0 Å². The minimum absolute atomic E-state index is 0.0603. The van der Waals surface area contributed by atoms with E-state index >= 15 is 0 Å². The van der Waals surface area contributed by atoms with E-state index in [0.717, 1.165) is 16.9 Å². The van der Waals surface area contributed by atoms with Crippen LogP contribution >= 0.6 is 0 Å². The number of carbonyl (C=O) groups is 2. The van der Waals surface area contributed by atoms with Crippen LogP contribution in [0.25, 0.3) is 0 Å². The molecule has 6 heteroatoms. The van der Waals surface area contributed by atoms with Gasteiger partial charge < -0.3 is 15.2 Å². The van der Waals surface area contributed by atoms with E-state index in [2.05, 4.69) is 5.32 Å². The molecule has 5 nitrogen and oxygen atoms in total. The van der Waals surface area contributed by atoms with Gasteiger partial charge in [0.25, 0.3) is 0 Å². The van der Waals surface area contributed by atoms with Gasteiger partial charge >= 0.3 is 5.97 Å². The Kier molecular flexibility index (Phi) is 7.79. The lowest BCUT2D eigenvalue weighted by Gasteiger charge is -2.20. The fourth-order valence-corrected chi connectivity index (χ4v) is 2.77. The summed E-state index contributed by atoms with van der Waals surface area (Å²) < 4.78 is 18.3. The molecule has 1 atom stereocenters. The van der Waals surface area contributed by atoms with Gasteiger partial charge in [-0.1, -0.05) is 24.3 Å². The molecule has 2 N–H and O–H groups in total. The number of aliphatic carboxylic acids is 1. The van der Waals surface area contributed by atoms with Crippen molar-refractivity contribution >= 4 is 11.9 Å². The number of ether oxygens (including phenoxy) is 1. The lowest BCUT2D eigenvalue weighted by molar-refractivity contribution is -0.137. The maximum atomic E-state index is 13.1. The Morgan fingerprint density at radius 3 is 2.26 bits per heavy atom. The summed E-state index contributed by atoms with van der Waals surface area (Å²) in [5.41, 5.74) is 1.82. The molecule has 0 spiro atoms. The first kappa shape index (κ1) is 20.4. The van der Waals surface area contributed by atoms with Gasteiger partial charge in [0.05, 0.1) is 13.2 Å². The molecule has 0 bridgehead atoms. The molecule has 1 amide bonds. The minimum Gasteiger partial charge on any atom is -0.497 e. The van der Waals surface area contributed by atoms with Gasteiger partial charge in [-0.25, -0.2) is 4.39 Å². The molecule has 2 aromatic rings. The first-order valence-corrected chi connectivity index (χ1v) is 8.87. The maximum absolute atomic E-state index is 13.1. The molecule has 144 valence electrons. The van der Waals surface area contributed by atoms with Crippen molar-refractivity contribution in [3.8, 4) is 5.75 Å². The molecule has 0 heterocycles. The van der Waals surface area contributed by atoms with Crippen LogP contribution in [0.15, 0.2) is 48.5 Å². The van der Waals surface area contributed by atoms with E-state index in [-0.39, 0.29) is 30.6 Å². The van der Waals surface area contributed by atoms with Gasteiger partial charge in [0.15, 0.2) is 0 Å². The zero-order chi connectivity index (χ0) is 19.6. The Bertz CT molecular complexity index is 744. The van der Waals surface area contributed by atoms with Crippen LogP contribution in [0.2, 0.25) is 0 Å². The number of carbonyl (C=O) groups excluding carboxylic acids is 1. The Hall–Kier alpha value is -2.89. The number of halogens is 1. The Labute approximate surface area is 158 Å². The van der Waals surface area contributed by atoms with Crippen LogP contribution < -0.4 is 10.1 Å². The lowest BCUT2D eigenvalue weighted by atomic mass is 9.98. The molecular weight excluding hydrogens is 349 g/mol. The molecule has 0 fully saturated rings. The highest BCUT2D eigenvalue weighted by molar-refractivity contribution is 5.76. The number of carboxylic acid groups (broad SMARTS) is 1. The lowest BCUT2D eigenvalue weighted by Crippen LogP contribution is -2.29. The van der Waals surface area contributed by atoms with Crippen molar-refractivity contribution in [1.82, 2.24) is 5.32 Å². The van der Waals surface area contributed by atoms with Gasteiger partial charge in [0, 0.05) is 12.8 Å². The standard InChI is InChI=1S/C21H24FNO4/c1-27-18-12-8-16(9-13-18)19(14-15-6-10-17(22)11-7-15)23-20(24)4-2-3-5-21(25)26/h6-13,19H,2-5,14H2,1H3,(H,23,24)(H,25,26). The predicted molar refractivity (Wildman–Crippen MR) is 100 cm³/mol. The first-order valence-electron chi connectivity index (χ1n) is 8.87. The predicted octanol–water partition coefficient (Wildman–Crippen LogP) is 3.88. The number of rotatable bonds is 10. The Balaban J connectivity index is 2.05. The number of methoxy groups -OCH3 is 1. The van der Waals surface area contributed by atoms with Crippen molar-refractivity contribution in [2.75, 3.05) is 7.11 Å². The number of unbranched alkanes of at least 4 members (excludes halogenated alkanes) is 1. The monoisotopic (exact) mass is 373 g/mol. The second-order valence-electron chi connectivity index (χ2n) is 6.32. The van der Waals surface area contributed by atoms with Crippen LogP contribution in [0.5, 0.6) is 5.75 Å². The number of nitrogens with one attached hydrogen (secondary N) is 1. The number of carboxylic acids is 1. The molecule has 1 unspecified atom stereocenters. The van der Waals surface area contributed by atoms with Crippen LogP contribution in [0.4, 0.5) is 4.39 Å². The summed E-state index contributed by atoms with van der Waals surface area (Å²) in [5, 5.41) is 11.7. The number of hydrogen-bond donors (Lipinski definition) is 2. The van der Waals surface area contributed by atoms with E-state index in [9.17, 15) is 14.0 Å². The van der Waals surface area contributed by atoms with Crippen LogP contribution in [0.3, 0.4) is 0 Å². The molecule has 0 aliphatic rings. The highest BCUT2D eigenvalue weighted by Crippen LogP contribution is 2.22. The molecule has 0 aromatic heterocycles. The highest BCUT2D eigenvalue weighted by atomic mass is 19.1. The minimum atomic E-state index is -0.858. The van der Waals surface area contributed by atoms with E-state index in [1.165, 1.54) is 12.1 Å². The van der Waals surface area contributed by atoms with Crippen LogP contribution in [0, 0.1) is 5.82 Å². The summed E-state index contributed by atoms with van der Waals surface area (Å²) in [6.07, 6.45) is 1.83. The number of hydrogen-bond acceptors (Lipinski definition) is 3. The summed E-state index contributed by atoms with van der Waals surface area (Å²) in [5.74, 6) is -0.576. The summed E-state index contributed by atoms with van der Waals surface area (Å²) in [6, 6.07) is 13.3. The maximum Gasteiger partial charge on any atom is 0.303 e. The van der Waals surface area contributed by atoms with Gasteiger partial charge in [0.1, 0.15) is 11.6 Å². The number of benzene rings is 2. The summed E-state index contributed by atoms with van der Waals surface area (Å²) in [6.45, 7) is 0. The van der Waals surface area contributed by atoms with Crippen molar-refractivity contribution in [1.29, 1.82) is 0 Å². The quantitative estimate of drug-likeness (QED) is 0.620. The van der Waals surface area contributed by atoms with Gasteiger partial charge in [0.2, 0.25) is 5.91 Å². The van der Waals surface area contributed by atoms with Crippen LogP contribution in [0.1, 0.15) is 42.9 Å². The molecule has 0 aliphatic heterocycles. The third-order valence-corrected chi connectivity index (χ3v) is 4.25. The first-order chi connectivity index (χ1) is 13.0.